The van der Waals surface area contributed by atoms with Crippen LogP contribution in [0.2, 0.25) is 0 Å². The zero-order valence-corrected chi connectivity index (χ0v) is 10.5. The third kappa shape index (κ3) is 4.49. The standard InChI is InChI=1S/2CH3NO.3ClH.Hf/c2*2-1-3;;;;/h2*1H,(H2,2,3);3*1H;/q;;;;;+5/p-5. The average Bonchev–Trinajstić information content (AvgIpc) is 1.61. The fourth-order valence-electron chi connectivity index (χ4n) is 0.234. The first-order valence-electron chi connectivity index (χ1n) is 2.12. The van der Waals surface area contributed by atoms with E-state index in [9.17, 15) is 9.59 Å². The Hall–Kier alpha value is 0.680. The molecule has 0 aromatic carbocycles. The normalized spacial score (nSPS) is 14.5. The quantitative estimate of drug-likeness (QED) is 0.556. The maximum absolute atomic E-state index is 9.84. The van der Waals surface area contributed by atoms with E-state index in [1.54, 1.807) is 0 Å². The van der Waals surface area contributed by atoms with Gasteiger partial charge in [-0.2, -0.15) is 0 Å². The summed E-state index contributed by atoms with van der Waals surface area (Å²) in [5.74, 6) is 0. The molecule has 0 aliphatic carbocycles. The fourth-order valence-corrected chi connectivity index (χ4v) is 4.10. The number of nitrogens with one attached hydrogen (secondary N) is 2. The molecular formula is C2H4Cl3HfN2O2. The van der Waals surface area contributed by atoms with E-state index < -0.39 is 15.5 Å². The summed E-state index contributed by atoms with van der Waals surface area (Å²) in [6.07, 6.45) is 0.498. The minimum absolute atomic E-state index is 0.249. The predicted octanol–water partition coefficient (Wildman–Crippen LogP) is 0.459. The molecule has 0 saturated carbocycles. The van der Waals surface area contributed by atoms with Gasteiger partial charge in [-0.1, -0.05) is 0 Å². The molecule has 0 heterocycles. The van der Waals surface area contributed by atoms with Crippen LogP contribution in [-0.2, 0) is 25.1 Å². The van der Waals surface area contributed by atoms with Crippen LogP contribution in [0, 0.1) is 0 Å². The average molecular weight is 373 g/mol. The Bertz CT molecular complexity index is 140. The van der Waals surface area contributed by atoms with Crippen LogP contribution in [0.4, 0.5) is 0 Å². The van der Waals surface area contributed by atoms with E-state index in [1.807, 2.05) is 6.61 Å². The van der Waals surface area contributed by atoms with E-state index in [1.165, 1.54) is 0 Å². The molecule has 0 atom stereocenters. The van der Waals surface area contributed by atoms with Gasteiger partial charge < -0.3 is 0 Å². The number of halogens is 3. The van der Waals surface area contributed by atoms with Gasteiger partial charge in [-0.3, -0.25) is 0 Å². The molecule has 8 heteroatoms. The van der Waals surface area contributed by atoms with E-state index in [0.717, 1.165) is 0 Å². The maximum atomic E-state index is 9.84. The molecule has 0 aromatic heterocycles. The SMILES string of the molecule is O=C[NH][Hf]([Cl])([Cl])([Cl])[NH]C=O. The van der Waals surface area contributed by atoms with Crippen molar-refractivity contribution in [2.45, 2.75) is 0 Å². The van der Waals surface area contributed by atoms with Gasteiger partial charge in [0.1, 0.15) is 0 Å². The second-order valence-corrected chi connectivity index (χ2v) is 33.3. The van der Waals surface area contributed by atoms with Crippen molar-refractivity contribution in [3.63, 3.8) is 0 Å². The zero-order valence-electron chi connectivity index (χ0n) is 4.61. The van der Waals surface area contributed by atoms with Crippen LogP contribution >= 0.6 is 25.7 Å². The van der Waals surface area contributed by atoms with Gasteiger partial charge in [0.25, 0.3) is 0 Å². The first-order chi connectivity index (χ1) is 4.39. The molecule has 0 fully saturated rings. The first kappa shape index (κ1) is 10.7. The molecule has 0 bridgehead atoms. The van der Waals surface area contributed by atoms with Crippen molar-refractivity contribution >= 4 is 38.6 Å². The van der Waals surface area contributed by atoms with Crippen molar-refractivity contribution in [1.29, 1.82) is 0 Å². The second kappa shape index (κ2) is 3.38. The molecule has 0 aliphatic heterocycles. The molecule has 0 saturated heterocycles. The Morgan fingerprint density at radius 1 is 1.00 bits per heavy atom. The van der Waals surface area contributed by atoms with Crippen molar-refractivity contribution in [3.05, 3.63) is 0 Å². The molecule has 0 aromatic rings. The van der Waals surface area contributed by atoms with Crippen molar-refractivity contribution < 1.29 is 25.1 Å². The van der Waals surface area contributed by atoms with Gasteiger partial charge in [-0.05, 0) is 0 Å². The molecule has 0 spiro atoms. The van der Waals surface area contributed by atoms with E-state index >= 15 is 0 Å². The van der Waals surface area contributed by atoms with Gasteiger partial charge in [0, 0.05) is 0 Å². The molecule has 0 rings (SSSR count). The van der Waals surface area contributed by atoms with Crippen LogP contribution < -0.4 is 6.61 Å². The van der Waals surface area contributed by atoms with Crippen molar-refractivity contribution in [3.8, 4) is 0 Å². The third-order valence-corrected chi connectivity index (χ3v) is 10.2. The molecule has 10 heavy (non-hydrogen) atoms. The molecule has 4 nitrogen and oxygen atoms in total. The van der Waals surface area contributed by atoms with Crippen molar-refractivity contribution in [2.24, 2.45) is 0 Å². The topological polar surface area (TPSA) is 58.2 Å². The number of carbonyl (C=O) groups is 2. The van der Waals surface area contributed by atoms with Crippen LogP contribution in [0.5, 0.6) is 0 Å². The Morgan fingerprint density at radius 2 is 1.30 bits per heavy atom. The zero-order chi connectivity index (χ0) is 8.28. The molecule has 0 radical (unpaired) electrons. The van der Waals surface area contributed by atoms with Crippen LogP contribution in [0.15, 0.2) is 0 Å². The summed E-state index contributed by atoms with van der Waals surface area (Å²) in [4.78, 5) is 19.7. The van der Waals surface area contributed by atoms with Gasteiger partial charge >= 0.3 is 70.3 Å². The number of hydrogen-bond acceptors (Lipinski definition) is 2. The summed E-state index contributed by atoms with van der Waals surface area (Å²) in [6.45, 7) is 0. The van der Waals surface area contributed by atoms with Crippen LogP contribution in [-0.4, -0.2) is 12.8 Å². The van der Waals surface area contributed by atoms with Gasteiger partial charge in [-0.15, -0.1) is 0 Å². The summed E-state index contributed by atoms with van der Waals surface area (Å²) < 4.78 is 3.98. The number of hydrogen-bond donors (Lipinski definition) is 2. The van der Waals surface area contributed by atoms with Gasteiger partial charge in [-0.25, -0.2) is 0 Å². The third-order valence-electron chi connectivity index (χ3n) is 0.590. The molecular weight excluding hydrogens is 369 g/mol. The molecule has 0 aliphatic rings. The summed E-state index contributed by atoms with van der Waals surface area (Å²) in [5, 5.41) is 0. The van der Waals surface area contributed by atoms with Gasteiger partial charge in [0.15, 0.2) is 0 Å². The Labute approximate surface area is 69.8 Å². The summed E-state index contributed by atoms with van der Waals surface area (Å²) >= 11 is -4.90. The molecule has 2 amide bonds. The van der Waals surface area contributed by atoms with Crippen molar-refractivity contribution in [1.82, 2.24) is 6.61 Å². The number of amides is 2. The molecule has 2 N–H and O–H groups in total. The summed E-state index contributed by atoms with van der Waals surface area (Å²) in [5.41, 5.74) is 0. The Kier molecular flexibility index (Phi) is 3.61. The predicted molar refractivity (Wildman–Crippen MR) is 36.0 cm³/mol. The Morgan fingerprint density at radius 3 is 1.50 bits per heavy atom. The monoisotopic (exact) mass is 373 g/mol. The number of carbonyl (C=O) groups excluding carboxylic acids is 2. The minimum atomic E-state index is -4.90. The van der Waals surface area contributed by atoms with E-state index in [2.05, 4.69) is 0 Å². The van der Waals surface area contributed by atoms with E-state index in [4.69, 9.17) is 25.7 Å². The summed E-state index contributed by atoms with van der Waals surface area (Å²) in [6, 6.07) is 0. The fraction of sp³-hybridized carbons (Fsp3) is 0. The van der Waals surface area contributed by atoms with Crippen LogP contribution in [0.25, 0.3) is 0 Å². The summed E-state index contributed by atoms with van der Waals surface area (Å²) in [7, 11) is 16.4. The molecule has 59 valence electrons. The van der Waals surface area contributed by atoms with Crippen LogP contribution in [0.1, 0.15) is 0 Å². The van der Waals surface area contributed by atoms with E-state index in [-0.39, 0.29) is 12.8 Å². The first-order valence-corrected chi connectivity index (χ1v) is 19.1. The van der Waals surface area contributed by atoms with Gasteiger partial charge in [0.2, 0.25) is 0 Å². The van der Waals surface area contributed by atoms with E-state index in [0.29, 0.717) is 0 Å². The van der Waals surface area contributed by atoms with Gasteiger partial charge in [0.05, 0.1) is 0 Å². The van der Waals surface area contributed by atoms with Crippen molar-refractivity contribution in [2.75, 3.05) is 0 Å². The molecule has 0 unspecified atom stereocenters. The Balaban J connectivity index is 4.23. The second-order valence-electron chi connectivity index (χ2n) is 1.43. The van der Waals surface area contributed by atoms with Crippen LogP contribution in [0.3, 0.4) is 0 Å². The number of rotatable bonds is 4.